The summed E-state index contributed by atoms with van der Waals surface area (Å²) in [5.41, 5.74) is 6.97. The van der Waals surface area contributed by atoms with E-state index in [9.17, 15) is 4.79 Å². The molecule has 0 bridgehead atoms. The molecule has 0 heterocycles. The lowest BCUT2D eigenvalue weighted by molar-refractivity contribution is 0.0734. The van der Waals surface area contributed by atoms with Crippen LogP contribution in [0.15, 0.2) is 48.5 Å². The number of hydrogen-bond acceptors (Lipinski definition) is 4. The number of benzene rings is 2. The van der Waals surface area contributed by atoms with Gasteiger partial charge in [-0.05, 0) is 42.0 Å². The maximum absolute atomic E-state index is 11.9. The first-order chi connectivity index (χ1) is 9.22. The second-order valence-corrected chi connectivity index (χ2v) is 3.97. The third-order valence-corrected chi connectivity index (χ3v) is 2.70. The minimum atomic E-state index is -0.395. The molecule has 2 rings (SSSR count). The zero-order chi connectivity index (χ0) is 13.7. The van der Waals surface area contributed by atoms with Crippen molar-refractivity contribution < 1.29 is 14.3 Å². The standard InChI is InChI=1S/C15H15NO3.ClH/c1-18-13-6-8-14(9-7-13)19-15(17)12-4-2-11(10-16)3-5-12;/h2-9H,10,16H2,1H3;1H. The summed E-state index contributed by atoms with van der Waals surface area (Å²) in [5, 5.41) is 0. The van der Waals surface area contributed by atoms with Crippen LogP contribution in [0.4, 0.5) is 0 Å². The average Bonchev–Trinajstić information content (AvgIpc) is 2.48. The second kappa shape index (κ2) is 7.53. The summed E-state index contributed by atoms with van der Waals surface area (Å²) in [5.74, 6) is 0.800. The first-order valence-corrected chi connectivity index (χ1v) is 5.88. The molecule has 5 heteroatoms. The molecule has 20 heavy (non-hydrogen) atoms. The van der Waals surface area contributed by atoms with Crippen molar-refractivity contribution in [3.63, 3.8) is 0 Å². The van der Waals surface area contributed by atoms with Gasteiger partial charge in [0.25, 0.3) is 0 Å². The summed E-state index contributed by atoms with van der Waals surface area (Å²) in [6.07, 6.45) is 0. The number of hydrogen-bond donors (Lipinski definition) is 1. The Bertz CT molecular complexity index is 552. The number of nitrogens with two attached hydrogens (primary N) is 1. The Morgan fingerprint density at radius 2 is 1.55 bits per heavy atom. The number of rotatable bonds is 4. The third-order valence-electron chi connectivity index (χ3n) is 2.70. The average molecular weight is 294 g/mol. The minimum Gasteiger partial charge on any atom is -0.497 e. The van der Waals surface area contributed by atoms with Gasteiger partial charge in [0.15, 0.2) is 0 Å². The molecule has 0 aliphatic rings. The van der Waals surface area contributed by atoms with Gasteiger partial charge in [-0.2, -0.15) is 0 Å². The van der Waals surface area contributed by atoms with Crippen LogP contribution in [-0.4, -0.2) is 13.1 Å². The van der Waals surface area contributed by atoms with Crippen LogP contribution in [-0.2, 0) is 6.54 Å². The molecule has 0 fully saturated rings. The van der Waals surface area contributed by atoms with Crippen molar-refractivity contribution in [2.75, 3.05) is 7.11 Å². The first kappa shape index (κ1) is 16.0. The molecule has 0 unspecified atom stereocenters. The van der Waals surface area contributed by atoms with Crippen molar-refractivity contribution >= 4 is 18.4 Å². The van der Waals surface area contributed by atoms with Gasteiger partial charge >= 0.3 is 5.97 Å². The molecule has 2 aromatic rings. The number of ether oxygens (including phenoxy) is 2. The SMILES string of the molecule is COc1ccc(OC(=O)c2ccc(CN)cc2)cc1.Cl. The molecule has 0 aliphatic heterocycles. The predicted molar refractivity (Wildman–Crippen MR) is 79.5 cm³/mol. The second-order valence-electron chi connectivity index (χ2n) is 3.97. The number of esters is 1. The van der Waals surface area contributed by atoms with Crippen LogP contribution in [0.5, 0.6) is 11.5 Å². The van der Waals surface area contributed by atoms with Crippen molar-refractivity contribution in [1.29, 1.82) is 0 Å². The summed E-state index contributed by atoms with van der Waals surface area (Å²) in [6.45, 7) is 0.452. The Balaban J connectivity index is 0.00000200. The van der Waals surface area contributed by atoms with Crippen LogP contribution >= 0.6 is 12.4 Å². The molecule has 0 spiro atoms. The highest BCUT2D eigenvalue weighted by Crippen LogP contribution is 2.18. The van der Waals surface area contributed by atoms with Gasteiger partial charge in [-0.25, -0.2) is 4.79 Å². The smallest absolute Gasteiger partial charge is 0.343 e. The van der Waals surface area contributed by atoms with Crippen molar-refractivity contribution in [2.45, 2.75) is 6.54 Å². The number of carbonyl (C=O) groups is 1. The van der Waals surface area contributed by atoms with Gasteiger partial charge in [-0.15, -0.1) is 12.4 Å². The number of carbonyl (C=O) groups excluding carboxylic acids is 1. The Morgan fingerprint density at radius 3 is 2.05 bits per heavy atom. The minimum absolute atomic E-state index is 0. The molecule has 0 aromatic heterocycles. The Kier molecular flexibility index (Phi) is 6.03. The summed E-state index contributed by atoms with van der Waals surface area (Å²) < 4.78 is 10.3. The van der Waals surface area contributed by atoms with Gasteiger partial charge in [0, 0.05) is 6.54 Å². The van der Waals surface area contributed by atoms with Gasteiger partial charge in [0.1, 0.15) is 11.5 Å². The van der Waals surface area contributed by atoms with Crippen molar-refractivity contribution in [3.05, 3.63) is 59.7 Å². The lowest BCUT2D eigenvalue weighted by atomic mass is 10.1. The van der Waals surface area contributed by atoms with E-state index in [0.717, 1.165) is 5.56 Å². The lowest BCUT2D eigenvalue weighted by Crippen LogP contribution is -2.08. The van der Waals surface area contributed by atoms with Gasteiger partial charge < -0.3 is 15.2 Å². The summed E-state index contributed by atoms with van der Waals surface area (Å²) in [6, 6.07) is 13.9. The van der Waals surface area contributed by atoms with E-state index in [1.54, 1.807) is 43.5 Å². The van der Waals surface area contributed by atoms with Crippen molar-refractivity contribution in [3.8, 4) is 11.5 Å². The maximum atomic E-state index is 11.9. The summed E-state index contributed by atoms with van der Waals surface area (Å²) >= 11 is 0. The molecule has 106 valence electrons. The normalized spacial score (nSPS) is 9.50. The monoisotopic (exact) mass is 293 g/mol. The van der Waals surface area contributed by atoms with E-state index in [1.165, 1.54) is 0 Å². The van der Waals surface area contributed by atoms with E-state index in [2.05, 4.69) is 0 Å². The molecule has 0 amide bonds. The van der Waals surface area contributed by atoms with Crippen LogP contribution in [0.2, 0.25) is 0 Å². The fraction of sp³-hybridized carbons (Fsp3) is 0.133. The van der Waals surface area contributed by atoms with Gasteiger partial charge in [-0.3, -0.25) is 0 Å². The quantitative estimate of drug-likeness (QED) is 0.695. The van der Waals surface area contributed by atoms with Crippen LogP contribution in [0.25, 0.3) is 0 Å². The molecule has 0 aliphatic carbocycles. The largest absolute Gasteiger partial charge is 0.497 e. The molecular formula is C15H16ClNO3. The van der Waals surface area contributed by atoms with Crippen LogP contribution in [0.1, 0.15) is 15.9 Å². The summed E-state index contributed by atoms with van der Waals surface area (Å²) in [7, 11) is 1.58. The lowest BCUT2D eigenvalue weighted by Gasteiger charge is -2.06. The van der Waals surface area contributed by atoms with E-state index in [4.69, 9.17) is 15.2 Å². The van der Waals surface area contributed by atoms with Crippen molar-refractivity contribution in [2.24, 2.45) is 5.73 Å². The zero-order valence-electron chi connectivity index (χ0n) is 11.0. The van der Waals surface area contributed by atoms with Crippen LogP contribution in [0.3, 0.4) is 0 Å². The summed E-state index contributed by atoms with van der Waals surface area (Å²) in [4.78, 5) is 11.9. The third kappa shape index (κ3) is 3.98. The Morgan fingerprint density at radius 1 is 1.00 bits per heavy atom. The highest BCUT2D eigenvalue weighted by molar-refractivity contribution is 5.91. The van der Waals surface area contributed by atoms with E-state index in [-0.39, 0.29) is 12.4 Å². The van der Waals surface area contributed by atoms with Crippen molar-refractivity contribution in [1.82, 2.24) is 0 Å². The van der Waals surface area contributed by atoms with E-state index in [1.807, 2.05) is 12.1 Å². The van der Waals surface area contributed by atoms with Gasteiger partial charge in [0.2, 0.25) is 0 Å². The van der Waals surface area contributed by atoms with E-state index >= 15 is 0 Å². The Labute approximate surface area is 123 Å². The van der Waals surface area contributed by atoms with Crippen LogP contribution in [0, 0.1) is 0 Å². The molecule has 2 aromatic carbocycles. The topological polar surface area (TPSA) is 61.5 Å². The Hall–Kier alpha value is -2.04. The molecule has 0 saturated carbocycles. The molecule has 0 saturated heterocycles. The number of halogens is 1. The molecule has 0 radical (unpaired) electrons. The predicted octanol–water partition coefficient (Wildman–Crippen LogP) is 2.79. The van der Waals surface area contributed by atoms with Gasteiger partial charge in [0.05, 0.1) is 12.7 Å². The fourth-order valence-corrected chi connectivity index (χ4v) is 1.59. The fourth-order valence-electron chi connectivity index (χ4n) is 1.59. The van der Waals surface area contributed by atoms with E-state index < -0.39 is 5.97 Å². The molecular weight excluding hydrogens is 278 g/mol. The first-order valence-electron chi connectivity index (χ1n) is 5.88. The molecule has 2 N–H and O–H groups in total. The van der Waals surface area contributed by atoms with Crippen LogP contribution < -0.4 is 15.2 Å². The molecule has 4 nitrogen and oxygen atoms in total. The van der Waals surface area contributed by atoms with Gasteiger partial charge in [-0.1, -0.05) is 12.1 Å². The highest BCUT2D eigenvalue weighted by Gasteiger charge is 2.08. The number of methoxy groups -OCH3 is 1. The molecule has 0 atom stereocenters. The van der Waals surface area contributed by atoms with E-state index in [0.29, 0.717) is 23.6 Å². The zero-order valence-corrected chi connectivity index (χ0v) is 11.9. The highest BCUT2D eigenvalue weighted by atomic mass is 35.5. The maximum Gasteiger partial charge on any atom is 0.343 e.